The zero-order valence-electron chi connectivity index (χ0n) is 14.0. The Balaban J connectivity index is 1.76. The van der Waals surface area contributed by atoms with Crippen molar-refractivity contribution in [1.82, 2.24) is 14.1 Å². The molecule has 0 aliphatic carbocycles. The topological polar surface area (TPSA) is 96.5 Å². The quantitative estimate of drug-likeness (QED) is 0.643. The van der Waals surface area contributed by atoms with Crippen LogP contribution < -0.4 is 0 Å². The number of sulfonamides is 1. The van der Waals surface area contributed by atoms with Gasteiger partial charge in [-0.3, -0.25) is 4.79 Å². The fraction of sp³-hybridized carbons (Fsp3) is 0.857. The van der Waals surface area contributed by atoms with E-state index in [4.69, 9.17) is 9.47 Å². The van der Waals surface area contributed by atoms with Crippen molar-refractivity contribution in [3.8, 4) is 0 Å². The van der Waals surface area contributed by atoms with E-state index in [1.807, 2.05) is 0 Å². The molecule has 0 atom stereocenters. The summed E-state index contributed by atoms with van der Waals surface area (Å²) in [6.45, 7) is 5.13. The van der Waals surface area contributed by atoms with E-state index in [0.29, 0.717) is 59.1 Å². The van der Waals surface area contributed by atoms with E-state index in [0.717, 1.165) is 0 Å². The smallest absolute Gasteiger partial charge is 0.409 e. The summed E-state index contributed by atoms with van der Waals surface area (Å²) >= 11 is 0. The summed E-state index contributed by atoms with van der Waals surface area (Å²) in [5.74, 6) is -0.389. The Morgan fingerprint density at radius 3 is 2.17 bits per heavy atom. The molecule has 0 unspecified atom stereocenters. The van der Waals surface area contributed by atoms with Gasteiger partial charge in [0.15, 0.2) is 0 Å². The van der Waals surface area contributed by atoms with E-state index in [-0.39, 0.29) is 24.2 Å². The molecule has 2 heterocycles. The highest BCUT2D eigenvalue weighted by atomic mass is 32.2. The highest BCUT2D eigenvalue weighted by molar-refractivity contribution is 7.89. The summed E-state index contributed by atoms with van der Waals surface area (Å²) in [5.41, 5.74) is 0. The van der Waals surface area contributed by atoms with Crippen LogP contribution in [0.4, 0.5) is 4.79 Å². The van der Waals surface area contributed by atoms with Gasteiger partial charge in [0.1, 0.15) is 0 Å². The molecule has 0 radical (unpaired) electrons. The van der Waals surface area contributed by atoms with Crippen LogP contribution in [0.5, 0.6) is 0 Å². The minimum absolute atomic E-state index is 0.0426. The molecule has 2 aliphatic heterocycles. The largest absolute Gasteiger partial charge is 0.450 e. The van der Waals surface area contributed by atoms with Crippen molar-refractivity contribution in [3.63, 3.8) is 0 Å². The average Bonchev–Trinajstić information content (AvgIpc) is 2.61. The molecule has 9 nitrogen and oxygen atoms in total. The van der Waals surface area contributed by atoms with Crippen molar-refractivity contribution < 1.29 is 27.5 Å². The Morgan fingerprint density at radius 2 is 1.58 bits per heavy atom. The Kier molecular flexibility index (Phi) is 6.81. The third kappa shape index (κ3) is 5.05. The van der Waals surface area contributed by atoms with Crippen LogP contribution in [0.25, 0.3) is 0 Å². The monoisotopic (exact) mass is 363 g/mol. The molecule has 2 aliphatic rings. The zero-order valence-corrected chi connectivity index (χ0v) is 14.8. The summed E-state index contributed by atoms with van der Waals surface area (Å²) in [6, 6.07) is 0. The molecule has 0 N–H and O–H groups in total. The lowest BCUT2D eigenvalue weighted by Gasteiger charge is -2.34. The highest BCUT2D eigenvalue weighted by Gasteiger charge is 2.28. The maximum atomic E-state index is 12.2. The molecular weight excluding hydrogens is 338 g/mol. The Bertz CT molecular complexity index is 539. The van der Waals surface area contributed by atoms with Gasteiger partial charge in [0.25, 0.3) is 0 Å². The molecule has 0 bridgehead atoms. The second-order valence-corrected chi connectivity index (χ2v) is 7.73. The number of piperazine rings is 1. The van der Waals surface area contributed by atoms with Gasteiger partial charge in [0.2, 0.25) is 15.9 Å². The Hall–Kier alpha value is -1.39. The van der Waals surface area contributed by atoms with Gasteiger partial charge in [0, 0.05) is 45.7 Å². The Labute approximate surface area is 142 Å². The summed E-state index contributed by atoms with van der Waals surface area (Å²) in [4.78, 5) is 27.0. The first-order chi connectivity index (χ1) is 11.4. The van der Waals surface area contributed by atoms with Crippen LogP contribution in [0.2, 0.25) is 0 Å². The number of nitrogens with zero attached hydrogens (tertiary/aromatic N) is 3. The number of amides is 2. The molecule has 0 aromatic carbocycles. The Morgan fingerprint density at radius 1 is 1.00 bits per heavy atom. The van der Waals surface area contributed by atoms with E-state index in [2.05, 4.69) is 0 Å². The third-order valence-corrected chi connectivity index (χ3v) is 5.97. The molecule has 0 aromatic rings. The average molecular weight is 363 g/mol. The normalized spacial score (nSPS) is 20.0. The SMILES string of the molecule is CCOC(=O)N1CCN(C(=O)CCS(=O)(=O)N2CCOCC2)CC1. The number of hydrogen-bond donors (Lipinski definition) is 0. The van der Waals surface area contributed by atoms with Crippen LogP contribution in [-0.2, 0) is 24.3 Å². The molecule has 2 saturated heterocycles. The van der Waals surface area contributed by atoms with Crippen molar-refractivity contribution in [2.24, 2.45) is 0 Å². The number of morpholine rings is 1. The molecule has 2 amide bonds. The fourth-order valence-electron chi connectivity index (χ4n) is 2.68. The third-order valence-electron chi connectivity index (χ3n) is 4.10. The molecule has 10 heteroatoms. The minimum atomic E-state index is -3.43. The van der Waals surface area contributed by atoms with Crippen molar-refractivity contribution in [1.29, 1.82) is 0 Å². The lowest BCUT2D eigenvalue weighted by molar-refractivity contribution is -0.132. The summed E-state index contributed by atoms with van der Waals surface area (Å²) < 4.78 is 35.9. The van der Waals surface area contributed by atoms with Crippen molar-refractivity contribution >= 4 is 22.0 Å². The highest BCUT2D eigenvalue weighted by Crippen LogP contribution is 2.10. The molecule has 138 valence electrons. The number of rotatable bonds is 5. The standard InChI is InChI=1S/C14H25N3O6S/c1-2-23-14(19)16-6-4-15(5-7-16)13(18)3-12-24(20,21)17-8-10-22-11-9-17/h2-12H2,1H3. The van der Waals surface area contributed by atoms with Gasteiger partial charge < -0.3 is 19.3 Å². The number of carbonyl (C=O) groups is 2. The zero-order chi connectivity index (χ0) is 17.6. The van der Waals surface area contributed by atoms with E-state index in [9.17, 15) is 18.0 Å². The van der Waals surface area contributed by atoms with Gasteiger partial charge in [-0.25, -0.2) is 13.2 Å². The molecular formula is C14H25N3O6S. The first kappa shape index (κ1) is 18.9. The van der Waals surface area contributed by atoms with Crippen molar-refractivity contribution in [2.75, 3.05) is 64.8 Å². The maximum Gasteiger partial charge on any atom is 0.409 e. The van der Waals surface area contributed by atoms with Crippen LogP contribution in [-0.4, -0.2) is 99.4 Å². The first-order valence-electron chi connectivity index (χ1n) is 8.19. The predicted octanol–water partition coefficient (Wildman–Crippen LogP) is -0.661. The van der Waals surface area contributed by atoms with E-state index in [1.54, 1.807) is 16.7 Å². The van der Waals surface area contributed by atoms with Gasteiger partial charge in [-0.2, -0.15) is 4.31 Å². The lowest BCUT2D eigenvalue weighted by Crippen LogP contribution is -2.51. The molecule has 2 rings (SSSR count). The van der Waals surface area contributed by atoms with E-state index in [1.165, 1.54) is 4.31 Å². The lowest BCUT2D eigenvalue weighted by atomic mass is 10.3. The van der Waals surface area contributed by atoms with E-state index < -0.39 is 10.0 Å². The fourth-order valence-corrected chi connectivity index (χ4v) is 4.08. The number of carbonyl (C=O) groups excluding carboxylic acids is 2. The van der Waals surface area contributed by atoms with Crippen LogP contribution in [0.1, 0.15) is 13.3 Å². The molecule has 24 heavy (non-hydrogen) atoms. The number of hydrogen-bond acceptors (Lipinski definition) is 6. The van der Waals surface area contributed by atoms with Gasteiger partial charge in [-0.15, -0.1) is 0 Å². The van der Waals surface area contributed by atoms with Crippen LogP contribution in [0.3, 0.4) is 0 Å². The molecule has 0 aromatic heterocycles. The van der Waals surface area contributed by atoms with Crippen LogP contribution in [0.15, 0.2) is 0 Å². The predicted molar refractivity (Wildman–Crippen MR) is 86.0 cm³/mol. The van der Waals surface area contributed by atoms with Gasteiger partial charge in [-0.05, 0) is 6.92 Å². The van der Waals surface area contributed by atoms with Gasteiger partial charge >= 0.3 is 6.09 Å². The summed E-state index contributed by atoms with van der Waals surface area (Å²) in [6.07, 6.45) is -0.418. The second-order valence-electron chi connectivity index (χ2n) is 5.64. The molecule has 0 saturated carbocycles. The summed E-state index contributed by atoms with van der Waals surface area (Å²) in [7, 11) is -3.43. The second kappa shape index (κ2) is 8.63. The van der Waals surface area contributed by atoms with Gasteiger partial charge in [-0.1, -0.05) is 0 Å². The van der Waals surface area contributed by atoms with Crippen LogP contribution in [0, 0.1) is 0 Å². The number of ether oxygens (including phenoxy) is 2. The van der Waals surface area contributed by atoms with Gasteiger partial charge in [0.05, 0.1) is 25.6 Å². The molecule has 0 spiro atoms. The molecule has 2 fully saturated rings. The van der Waals surface area contributed by atoms with Crippen molar-refractivity contribution in [2.45, 2.75) is 13.3 Å². The van der Waals surface area contributed by atoms with Crippen LogP contribution >= 0.6 is 0 Å². The summed E-state index contributed by atoms with van der Waals surface area (Å²) in [5, 5.41) is 0. The van der Waals surface area contributed by atoms with Crippen molar-refractivity contribution in [3.05, 3.63) is 0 Å². The maximum absolute atomic E-state index is 12.2. The first-order valence-corrected chi connectivity index (χ1v) is 9.80. The minimum Gasteiger partial charge on any atom is -0.450 e. The van der Waals surface area contributed by atoms with E-state index >= 15 is 0 Å².